The van der Waals surface area contributed by atoms with Gasteiger partial charge in [0.2, 0.25) is 0 Å². The second-order valence-corrected chi connectivity index (χ2v) is 9.65. The first-order valence-electron chi connectivity index (χ1n) is 14.1. The summed E-state index contributed by atoms with van der Waals surface area (Å²) in [5.74, 6) is 0. The molecule has 0 aliphatic carbocycles. The van der Waals surface area contributed by atoms with Crippen LogP contribution in [0.15, 0.2) is 30.3 Å². The average molecular weight is 492 g/mol. The first-order chi connectivity index (χ1) is 17.3. The fourth-order valence-corrected chi connectivity index (χ4v) is 4.24. The zero-order chi connectivity index (χ0) is 24.8. The molecule has 1 amide bonds. The first-order valence-corrected chi connectivity index (χ1v) is 14.1. The van der Waals surface area contributed by atoms with E-state index in [1.807, 2.05) is 30.3 Å². The smallest absolute Gasteiger partial charge is 0.407 e. The van der Waals surface area contributed by atoms with Gasteiger partial charge in [0.05, 0.1) is 13.2 Å². The standard InChI is InChI=1S/C29H49NO5/c1-2-3-4-5-6-7-8-9-10-11-12-13-14-15-19-22-30-28(31)32-24-27-25-34-29(35-27)33-23-26-20-17-16-18-21-26/h16-18,20-21,27,29H,2-15,19,22-25H2,1H3,(H,30,31). The Labute approximate surface area is 213 Å². The molecule has 200 valence electrons. The second-order valence-electron chi connectivity index (χ2n) is 9.65. The zero-order valence-corrected chi connectivity index (χ0v) is 22.0. The van der Waals surface area contributed by atoms with Crippen LogP contribution < -0.4 is 5.32 Å². The number of hydrogen-bond acceptors (Lipinski definition) is 5. The molecule has 0 aromatic heterocycles. The summed E-state index contributed by atoms with van der Waals surface area (Å²) in [4.78, 5) is 11.9. The van der Waals surface area contributed by atoms with Crippen molar-refractivity contribution >= 4 is 6.09 Å². The van der Waals surface area contributed by atoms with Crippen LogP contribution in [0.3, 0.4) is 0 Å². The van der Waals surface area contributed by atoms with Gasteiger partial charge in [-0.1, -0.05) is 127 Å². The summed E-state index contributed by atoms with van der Waals surface area (Å²) in [6, 6.07) is 9.86. The third kappa shape index (κ3) is 15.9. The van der Waals surface area contributed by atoms with Gasteiger partial charge in [-0.05, 0) is 12.0 Å². The molecule has 0 saturated carbocycles. The van der Waals surface area contributed by atoms with E-state index in [0.717, 1.165) is 18.4 Å². The number of benzene rings is 1. The summed E-state index contributed by atoms with van der Waals surface area (Å²) in [7, 11) is 0. The largest absolute Gasteiger partial charge is 0.447 e. The van der Waals surface area contributed by atoms with E-state index >= 15 is 0 Å². The van der Waals surface area contributed by atoms with Gasteiger partial charge in [-0.3, -0.25) is 0 Å². The van der Waals surface area contributed by atoms with Crippen LogP contribution in [0.2, 0.25) is 0 Å². The quantitative estimate of drug-likeness (QED) is 0.180. The molecule has 0 bridgehead atoms. The highest BCUT2D eigenvalue weighted by atomic mass is 16.9. The van der Waals surface area contributed by atoms with Gasteiger partial charge in [-0.15, -0.1) is 0 Å². The van der Waals surface area contributed by atoms with E-state index in [1.165, 1.54) is 83.5 Å². The van der Waals surface area contributed by atoms with Crippen LogP contribution in [0, 0.1) is 0 Å². The fourth-order valence-electron chi connectivity index (χ4n) is 4.24. The Hall–Kier alpha value is -1.63. The Bertz CT molecular complexity index is 627. The highest BCUT2D eigenvalue weighted by molar-refractivity contribution is 5.67. The molecular weight excluding hydrogens is 442 g/mol. The number of alkyl carbamates (subject to hydrolysis) is 1. The minimum absolute atomic E-state index is 0.163. The van der Waals surface area contributed by atoms with Crippen molar-refractivity contribution < 1.29 is 23.7 Å². The maximum atomic E-state index is 11.9. The Morgan fingerprint density at radius 1 is 0.857 bits per heavy atom. The molecule has 1 aliphatic rings. The highest BCUT2D eigenvalue weighted by Crippen LogP contribution is 2.16. The number of amides is 1. The number of ether oxygens (including phenoxy) is 4. The fraction of sp³-hybridized carbons (Fsp3) is 0.759. The molecule has 6 nitrogen and oxygen atoms in total. The van der Waals surface area contributed by atoms with Gasteiger partial charge in [0.25, 0.3) is 6.48 Å². The maximum Gasteiger partial charge on any atom is 0.407 e. The summed E-state index contributed by atoms with van der Waals surface area (Å²) < 4.78 is 21.9. The van der Waals surface area contributed by atoms with Crippen molar-refractivity contribution in [1.82, 2.24) is 5.32 Å². The summed E-state index contributed by atoms with van der Waals surface area (Å²) in [5, 5.41) is 2.82. The van der Waals surface area contributed by atoms with Crippen molar-refractivity contribution in [3.05, 3.63) is 35.9 Å². The molecule has 6 heteroatoms. The molecule has 1 aromatic carbocycles. The van der Waals surface area contributed by atoms with Crippen LogP contribution >= 0.6 is 0 Å². The molecule has 2 atom stereocenters. The first kappa shape index (κ1) is 29.6. The summed E-state index contributed by atoms with van der Waals surface area (Å²) in [6.45, 7) is 3.15. The van der Waals surface area contributed by atoms with Crippen LogP contribution in [-0.4, -0.2) is 38.4 Å². The maximum absolute atomic E-state index is 11.9. The third-order valence-electron chi connectivity index (χ3n) is 6.40. The Kier molecular flexibility index (Phi) is 17.4. The average Bonchev–Trinajstić information content (AvgIpc) is 3.34. The predicted molar refractivity (Wildman–Crippen MR) is 140 cm³/mol. The van der Waals surface area contributed by atoms with E-state index in [-0.39, 0.29) is 12.7 Å². The lowest BCUT2D eigenvalue weighted by molar-refractivity contribution is -0.244. The Morgan fingerprint density at radius 2 is 1.43 bits per heavy atom. The van der Waals surface area contributed by atoms with Crippen molar-refractivity contribution in [3.63, 3.8) is 0 Å². The lowest BCUT2D eigenvalue weighted by Crippen LogP contribution is -2.29. The van der Waals surface area contributed by atoms with Gasteiger partial charge in [-0.25, -0.2) is 4.79 Å². The highest BCUT2D eigenvalue weighted by Gasteiger charge is 2.27. The van der Waals surface area contributed by atoms with Crippen LogP contribution in [0.25, 0.3) is 0 Å². The molecule has 2 rings (SSSR count). The van der Waals surface area contributed by atoms with Gasteiger partial charge in [-0.2, -0.15) is 0 Å². The van der Waals surface area contributed by atoms with Crippen molar-refractivity contribution in [2.24, 2.45) is 0 Å². The van der Waals surface area contributed by atoms with Crippen molar-refractivity contribution in [3.8, 4) is 0 Å². The molecule has 0 radical (unpaired) electrons. The van der Waals surface area contributed by atoms with E-state index in [1.54, 1.807) is 0 Å². The van der Waals surface area contributed by atoms with E-state index in [9.17, 15) is 4.79 Å². The molecule has 1 N–H and O–H groups in total. The molecule has 1 heterocycles. The molecule has 0 spiro atoms. The lowest BCUT2D eigenvalue weighted by Gasteiger charge is -2.13. The summed E-state index contributed by atoms with van der Waals surface area (Å²) >= 11 is 0. The van der Waals surface area contributed by atoms with Gasteiger partial charge < -0.3 is 24.3 Å². The summed E-state index contributed by atoms with van der Waals surface area (Å²) in [6.07, 6.45) is 19.3. The minimum atomic E-state index is -0.716. The Morgan fingerprint density at radius 3 is 2.03 bits per heavy atom. The van der Waals surface area contributed by atoms with Crippen LogP contribution in [0.4, 0.5) is 4.79 Å². The molecule has 1 aromatic rings. The number of nitrogens with one attached hydrogen (secondary N) is 1. The number of rotatable bonds is 21. The van der Waals surface area contributed by atoms with Gasteiger partial charge in [0.15, 0.2) is 0 Å². The SMILES string of the molecule is CCCCCCCCCCCCCCCCCNC(=O)OCC1COC(OCc2ccccc2)O1. The van der Waals surface area contributed by atoms with Gasteiger partial charge in [0, 0.05) is 6.54 Å². The normalized spacial score (nSPS) is 17.5. The predicted octanol–water partition coefficient (Wildman–Crippen LogP) is 7.50. The van der Waals surface area contributed by atoms with E-state index in [2.05, 4.69) is 12.2 Å². The Balaban J connectivity index is 1.31. The van der Waals surface area contributed by atoms with Crippen molar-refractivity contribution in [2.75, 3.05) is 19.8 Å². The molecule has 1 saturated heterocycles. The zero-order valence-electron chi connectivity index (χ0n) is 22.0. The molecule has 1 fully saturated rings. The molecule has 1 aliphatic heterocycles. The number of hydrogen-bond donors (Lipinski definition) is 1. The van der Waals surface area contributed by atoms with E-state index in [0.29, 0.717) is 19.8 Å². The van der Waals surface area contributed by atoms with E-state index < -0.39 is 12.6 Å². The summed E-state index contributed by atoms with van der Waals surface area (Å²) in [5.41, 5.74) is 1.05. The van der Waals surface area contributed by atoms with Gasteiger partial charge >= 0.3 is 6.09 Å². The van der Waals surface area contributed by atoms with Crippen LogP contribution in [0.5, 0.6) is 0 Å². The van der Waals surface area contributed by atoms with Gasteiger partial charge in [0.1, 0.15) is 12.7 Å². The molecule has 35 heavy (non-hydrogen) atoms. The monoisotopic (exact) mass is 491 g/mol. The number of carbonyl (C=O) groups excluding carboxylic acids is 1. The van der Waals surface area contributed by atoms with Crippen molar-refractivity contribution in [2.45, 2.75) is 122 Å². The second kappa shape index (κ2) is 20.6. The van der Waals surface area contributed by atoms with Crippen LogP contribution in [0.1, 0.15) is 109 Å². The number of unbranched alkanes of at least 4 members (excludes halogenated alkanes) is 14. The number of carbonyl (C=O) groups is 1. The van der Waals surface area contributed by atoms with E-state index in [4.69, 9.17) is 18.9 Å². The topological polar surface area (TPSA) is 66.0 Å². The van der Waals surface area contributed by atoms with Crippen molar-refractivity contribution in [1.29, 1.82) is 0 Å². The lowest BCUT2D eigenvalue weighted by atomic mass is 10.0. The molecular formula is C29H49NO5. The minimum Gasteiger partial charge on any atom is -0.447 e. The van der Waals surface area contributed by atoms with Crippen LogP contribution in [-0.2, 0) is 25.6 Å². The molecule has 2 unspecified atom stereocenters. The third-order valence-corrected chi connectivity index (χ3v) is 6.40.